The molecular weight excluding hydrogens is 492 g/mol. The molecule has 0 fully saturated rings. The van der Waals surface area contributed by atoms with Crippen LogP contribution < -0.4 is 5.32 Å². The number of amides is 1. The number of para-hydroxylation sites is 1. The molecule has 2 heterocycles. The molecule has 5 aromatic rings. The number of aryl methyl sites for hydroxylation is 1. The molecule has 3 aromatic carbocycles. The fourth-order valence-corrected chi connectivity index (χ4v) is 4.63. The predicted molar refractivity (Wildman–Crippen MR) is 143 cm³/mol. The monoisotopic (exact) mass is 512 g/mol. The Morgan fingerprint density at radius 1 is 0.972 bits per heavy atom. The van der Waals surface area contributed by atoms with E-state index in [0.717, 1.165) is 16.7 Å². The van der Waals surface area contributed by atoms with Crippen molar-refractivity contribution in [2.45, 2.75) is 17.8 Å². The molecule has 0 atom stereocenters. The Morgan fingerprint density at radius 2 is 1.72 bits per heavy atom. The molecule has 178 valence electrons. The third-order valence-corrected chi connectivity index (χ3v) is 6.81. The number of anilines is 1. The molecule has 0 bridgehead atoms. The number of carbonyl (C=O) groups is 1. The summed E-state index contributed by atoms with van der Waals surface area (Å²) in [6.07, 6.45) is 3.36. The first-order chi connectivity index (χ1) is 17.6. The van der Waals surface area contributed by atoms with Gasteiger partial charge >= 0.3 is 0 Å². The molecule has 0 radical (unpaired) electrons. The minimum absolute atomic E-state index is 0.220. The number of aromatic nitrogens is 5. The molecule has 0 saturated heterocycles. The first kappa shape index (κ1) is 23.7. The molecular formula is C27H21ClN6OS. The first-order valence-corrected chi connectivity index (χ1v) is 12.5. The number of thioether (sulfide) groups is 1. The number of carbonyl (C=O) groups excluding carboxylic acids is 1. The van der Waals surface area contributed by atoms with Crippen LogP contribution in [0.25, 0.3) is 16.8 Å². The van der Waals surface area contributed by atoms with Gasteiger partial charge < -0.3 is 5.32 Å². The van der Waals surface area contributed by atoms with Crippen LogP contribution in [0.3, 0.4) is 0 Å². The zero-order valence-electron chi connectivity index (χ0n) is 19.3. The van der Waals surface area contributed by atoms with Crippen LogP contribution in [-0.4, -0.2) is 30.9 Å². The second kappa shape index (κ2) is 10.7. The van der Waals surface area contributed by atoms with E-state index < -0.39 is 0 Å². The van der Waals surface area contributed by atoms with Gasteiger partial charge in [-0.25, -0.2) is 14.6 Å². The van der Waals surface area contributed by atoms with Gasteiger partial charge in [0.25, 0.3) is 5.91 Å². The third kappa shape index (κ3) is 5.15. The maximum Gasteiger partial charge on any atom is 0.278 e. The minimum atomic E-state index is -0.354. The summed E-state index contributed by atoms with van der Waals surface area (Å²) in [6.45, 7) is 1.93. The van der Waals surface area contributed by atoms with Crippen molar-refractivity contribution in [3.8, 4) is 16.8 Å². The normalized spacial score (nSPS) is 10.8. The van der Waals surface area contributed by atoms with E-state index in [1.54, 1.807) is 23.1 Å². The molecule has 0 aliphatic carbocycles. The highest BCUT2D eigenvalue weighted by atomic mass is 35.5. The van der Waals surface area contributed by atoms with Crippen molar-refractivity contribution in [1.82, 2.24) is 25.0 Å². The molecule has 36 heavy (non-hydrogen) atoms. The number of benzene rings is 3. The molecule has 2 aromatic heterocycles. The lowest BCUT2D eigenvalue weighted by Crippen LogP contribution is -2.16. The van der Waals surface area contributed by atoms with Crippen LogP contribution in [0.1, 0.15) is 21.7 Å². The van der Waals surface area contributed by atoms with Crippen LogP contribution in [0.4, 0.5) is 5.69 Å². The Balaban J connectivity index is 1.50. The number of hydrogen-bond acceptors (Lipinski definition) is 6. The van der Waals surface area contributed by atoms with E-state index in [1.165, 1.54) is 11.8 Å². The molecule has 7 nitrogen and oxygen atoms in total. The average molecular weight is 513 g/mol. The minimum Gasteiger partial charge on any atom is -0.320 e. The fourth-order valence-electron chi connectivity index (χ4n) is 3.66. The summed E-state index contributed by atoms with van der Waals surface area (Å²) in [5.41, 5.74) is 5.10. The quantitative estimate of drug-likeness (QED) is 0.205. The van der Waals surface area contributed by atoms with Gasteiger partial charge in [-0.1, -0.05) is 83.2 Å². The van der Waals surface area contributed by atoms with Gasteiger partial charge in [-0.2, -0.15) is 0 Å². The SMILES string of the molecule is Cc1ccc(-n2nnc(C(=O)Nc3ccccc3-c3ccccc3)c2CSc2ncccn2)cc1Cl. The van der Waals surface area contributed by atoms with E-state index in [1.807, 2.05) is 79.7 Å². The van der Waals surface area contributed by atoms with Gasteiger partial charge in [-0.05, 0) is 42.3 Å². The smallest absolute Gasteiger partial charge is 0.278 e. The van der Waals surface area contributed by atoms with Crippen molar-refractivity contribution in [3.63, 3.8) is 0 Å². The zero-order chi connectivity index (χ0) is 24.9. The lowest BCUT2D eigenvalue weighted by molar-refractivity contribution is 0.102. The molecule has 1 amide bonds. The number of nitrogens with zero attached hydrogens (tertiary/aromatic N) is 5. The van der Waals surface area contributed by atoms with E-state index in [9.17, 15) is 4.79 Å². The standard InChI is InChI=1S/C27H21ClN6OS/c1-18-12-13-20(16-22(18)28)34-24(17-36-27-29-14-7-15-30-27)25(32-33-34)26(35)31-23-11-6-5-10-21(23)19-8-3-2-4-9-19/h2-16H,17H2,1H3,(H,31,35). The van der Waals surface area contributed by atoms with Crippen molar-refractivity contribution in [1.29, 1.82) is 0 Å². The topological polar surface area (TPSA) is 85.6 Å². The van der Waals surface area contributed by atoms with Gasteiger partial charge in [0.1, 0.15) is 0 Å². The molecule has 5 rings (SSSR count). The molecule has 0 aliphatic heterocycles. The van der Waals surface area contributed by atoms with Crippen molar-refractivity contribution < 1.29 is 4.79 Å². The Hall–Kier alpha value is -4.01. The van der Waals surface area contributed by atoms with Gasteiger partial charge in [0, 0.05) is 34.4 Å². The van der Waals surface area contributed by atoms with Crippen LogP contribution in [0.5, 0.6) is 0 Å². The molecule has 0 spiro atoms. The highest BCUT2D eigenvalue weighted by molar-refractivity contribution is 7.98. The summed E-state index contributed by atoms with van der Waals surface area (Å²) < 4.78 is 1.64. The van der Waals surface area contributed by atoms with Crippen molar-refractivity contribution in [2.24, 2.45) is 0 Å². The second-order valence-corrected chi connectivity index (χ2v) is 9.27. The summed E-state index contributed by atoms with van der Waals surface area (Å²) in [6, 6.07) is 24.9. The Bertz CT molecular complexity index is 1510. The summed E-state index contributed by atoms with van der Waals surface area (Å²) in [4.78, 5) is 22.0. The lowest BCUT2D eigenvalue weighted by atomic mass is 10.0. The van der Waals surface area contributed by atoms with Crippen molar-refractivity contribution in [3.05, 3.63) is 113 Å². The van der Waals surface area contributed by atoms with Crippen LogP contribution in [0, 0.1) is 6.92 Å². The van der Waals surface area contributed by atoms with E-state index in [0.29, 0.717) is 33.0 Å². The highest BCUT2D eigenvalue weighted by Gasteiger charge is 2.22. The fraction of sp³-hybridized carbons (Fsp3) is 0.0741. The first-order valence-electron chi connectivity index (χ1n) is 11.2. The summed E-state index contributed by atoms with van der Waals surface area (Å²) in [5.74, 6) is 0.0263. The largest absolute Gasteiger partial charge is 0.320 e. The molecule has 9 heteroatoms. The Morgan fingerprint density at radius 3 is 2.50 bits per heavy atom. The van der Waals surface area contributed by atoms with Crippen LogP contribution in [0.15, 0.2) is 96.4 Å². The average Bonchev–Trinajstić information content (AvgIpc) is 3.34. The van der Waals surface area contributed by atoms with Gasteiger partial charge in [0.2, 0.25) is 0 Å². The van der Waals surface area contributed by atoms with Gasteiger partial charge in [-0.3, -0.25) is 4.79 Å². The molecule has 0 aliphatic rings. The number of halogens is 1. The number of nitrogens with one attached hydrogen (secondary N) is 1. The van der Waals surface area contributed by atoms with Crippen LogP contribution >= 0.6 is 23.4 Å². The summed E-state index contributed by atoms with van der Waals surface area (Å²) in [7, 11) is 0. The maximum absolute atomic E-state index is 13.5. The molecule has 0 saturated carbocycles. The second-order valence-electron chi connectivity index (χ2n) is 7.92. The van der Waals surface area contributed by atoms with Crippen molar-refractivity contribution in [2.75, 3.05) is 5.32 Å². The summed E-state index contributed by atoms with van der Waals surface area (Å²) >= 11 is 7.77. The summed E-state index contributed by atoms with van der Waals surface area (Å²) in [5, 5.41) is 12.8. The van der Waals surface area contributed by atoms with Crippen molar-refractivity contribution >= 4 is 35.0 Å². The van der Waals surface area contributed by atoms with Crippen LogP contribution in [-0.2, 0) is 5.75 Å². The van der Waals surface area contributed by atoms with E-state index in [4.69, 9.17) is 11.6 Å². The number of hydrogen-bond donors (Lipinski definition) is 1. The highest BCUT2D eigenvalue weighted by Crippen LogP contribution is 2.29. The molecule has 0 unspecified atom stereocenters. The van der Waals surface area contributed by atoms with Gasteiger partial charge in [0.15, 0.2) is 10.9 Å². The lowest BCUT2D eigenvalue weighted by Gasteiger charge is -2.12. The van der Waals surface area contributed by atoms with Crippen LogP contribution in [0.2, 0.25) is 5.02 Å². The van der Waals surface area contributed by atoms with E-state index in [-0.39, 0.29) is 11.6 Å². The predicted octanol–water partition coefficient (Wildman–Crippen LogP) is 6.23. The molecule has 1 N–H and O–H groups in total. The zero-order valence-corrected chi connectivity index (χ0v) is 20.9. The number of rotatable bonds is 7. The van der Waals surface area contributed by atoms with E-state index in [2.05, 4.69) is 25.6 Å². The maximum atomic E-state index is 13.5. The van der Waals surface area contributed by atoms with Gasteiger partial charge in [-0.15, -0.1) is 5.10 Å². The van der Waals surface area contributed by atoms with E-state index >= 15 is 0 Å². The Labute approximate surface area is 217 Å². The Kier molecular flexibility index (Phi) is 7.06. The third-order valence-electron chi connectivity index (χ3n) is 5.52. The van der Waals surface area contributed by atoms with Gasteiger partial charge in [0.05, 0.1) is 11.4 Å².